The molecule has 124 valence electrons. The quantitative estimate of drug-likeness (QED) is 0.763. The van der Waals surface area contributed by atoms with Crippen LogP contribution in [0.15, 0.2) is 5.38 Å². The molecule has 2 amide bonds. The molecule has 3 N–H and O–H groups in total. The number of carbonyl (C=O) groups excluding carboxylic acids is 2. The van der Waals surface area contributed by atoms with Gasteiger partial charge in [0.2, 0.25) is 5.91 Å². The van der Waals surface area contributed by atoms with E-state index in [4.69, 9.17) is 0 Å². The molecule has 0 saturated carbocycles. The van der Waals surface area contributed by atoms with E-state index in [9.17, 15) is 9.59 Å². The van der Waals surface area contributed by atoms with Crippen LogP contribution in [0.3, 0.4) is 0 Å². The van der Waals surface area contributed by atoms with Crippen LogP contribution in [-0.2, 0) is 4.79 Å². The second-order valence-corrected chi connectivity index (χ2v) is 6.36. The van der Waals surface area contributed by atoms with Gasteiger partial charge >= 0.3 is 0 Å². The molecular formula is C13H20Cl2N4O2S. The number of nitrogens with zero attached hydrogens (tertiary/aromatic N) is 1. The molecular weight excluding hydrogens is 347 g/mol. The minimum atomic E-state index is -0.179. The molecule has 0 aromatic carbocycles. The van der Waals surface area contributed by atoms with Crippen LogP contribution in [0.5, 0.6) is 0 Å². The summed E-state index contributed by atoms with van der Waals surface area (Å²) in [6.07, 6.45) is 4.40. The Morgan fingerprint density at radius 2 is 1.91 bits per heavy atom. The van der Waals surface area contributed by atoms with Gasteiger partial charge in [-0.25, -0.2) is 4.98 Å². The molecule has 2 aliphatic heterocycles. The summed E-state index contributed by atoms with van der Waals surface area (Å²) >= 11 is 1.27. The lowest BCUT2D eigenvalue weighted by atomic mass is 10.00. The maximum Gasteiger partial charge on any atom is 0.271 e. The van der Waals surface area contributed by atoms with Crippen molar-refractivity contribution in [2.75, 3.05) is 5.32 Å². The summed E-state index contributed by atoms with van der Waals surface area (Å²) in [5, 5.41) is 11.3. The first-order valence-corrected chi connectivity index (χ1v) is 7.78. The average molecular weight is 367 g/mol. The smallest absolute Gasteiger partial charge is 0.271 e. The normalized spacial score (nSPS) is 25.6. The van der Waals surface area contributed by atoms with Crippen LogP contribution >= 0.6 is 36.2 Å². The van der Waals surface area contributed by atoms with Gasteiger partial charge in [0.25, 0.3) is 5.91 Å². The second kappa shape index (κ2) is 8.10. The van der Waals surface area contributed by atoms with Crippen molar-refractivity contribution in [1.29, 1.82) is 0 Å². The Bertz CT molecular complexity index is 528. The van der Waals surface area contributed by atoms with Crippen molar-refractivity contribution in [2.24, 2.45) is 0 Å². The Balaban J connectivity index is 0.00000121. The van der Waals surface area contributed by atoms with Crippen molar-refractivity contribution >= 4 is 53.1 Å². The number of aromatic nitrogens is 1. The number of halogens is 2. The zero-order chi connectivity index (χ0) is 14.1. The van der Waals surface area contributed by atoms with Gasteiger partial charge < -0.3 is 16.0 Å². The Kier molecular flexibility index (Phi) is 7.05. The number of hydrogen-bond acceptors (Lipinski definition) is 5. The van der Waals surface area contributed by atoms with E-state index in [1.54, 1.807) is 5.38 Å². The van der Waals surface area contributed by atoms with Gasteiger partial charge in [-0.1, -0.05) is 0 Å². The molecule has 6 nitrogen and oxygen atoms in total. The Hall–Kier alpha value is -0.890. The number of anilines is 1. The standard InChI is InChI=1S/C13H18N4O2S.2ClH/c1-7(18)14-13-17-11(6-20-13)12(19)16-10-4-8-2-3-9(5-10)15-8;;/h6,8-10,15H,2-5H2,1H3,(H,16,19)(H,14,17,18);2*1H. The summed E-state index contributed by atoms with van der Waals surface area (Å²) < 4.78 is 0. The highest BCUT2D eigenvalue weighted by atomic mass is 35.5. The number of hydrogen-bond donors (Lipinski definition) is 3. The summed E-state index contributed by atoms with van der Waals surface area (Å²) in [6, 6.07) is 1.32. The third kappa shape index (κ3) is 4.55. The van der Waals surface area contributed by atoms with Crippen LogP contribution in [-0.4, -0.2) is 34.9 Å². The maximum absolute atomic E-state index is 12.1. The van der Waals surface area contributed by atoms with Gasteiger partial charge in [-0.05, 0) is 25.7 Å². The molecule has 0 aliphatic carbocycles. The van der Waals surface area contributed by atoms with Crippen LogP contribution in [0.2, 0.25) is 0 Å². The molecule has 3 rings (SSSR count). The Morgan fingerprint density at radius 1 is 1.27 bits per heavy atom. The minimum absolute atomic E-state index is 0. The average Bonchev–Trinajstić information content (AvgIpc) is 2.96. The van der Waals surface area contributed by atoms with Crippen LogP contribution in [0.1, 0.15) is 43.1 Å². The molecule has 22 heavy (non-hydrogen) atoms. The molecule has 2 unspecified atom stereocenters. The van der Waals surface area contributed by atoms with Crippen LogP contribution in [0.25, 0.3) is 0 Å². The van der Waals surface area contributed by atoms with E-state index in [0.717, 1.165) is 12.8 Å². The van der Waals surface area contributed by atoms with Crippen molar-refractivity contribution in [3.8, 4) is 0 Å². The third-order valence-electron chi connectivity index (χ3n) is 3.83. The number of thiazole rings is 1. The van der Waals surface area contributed by atoms with E-state index in [0.29, 0.717) is 22.9 Å². The highest BCUT2D eigenvalue weighted by Gasteiger charge is 2.34. The summed E-state index contributed by atoms with van der Waals surface area (Å²) in [4.78, 5) is 27.2. The van der Waals surface area contributed by atoms with Gasteiger partial charge in [0, 0.05) is 30.4 Å². The van der Waals surface area contributed by atoms with Gasteiger partial charge in [-0.15, -0.1) is 36.2 Å². The molecule has 3 heterocycles. The Morgan fingerprint density at radius 3 is 2.50 bits per heavy atom. The second-order valence-electron chi connectivity index (χ2n) is 5.50. The zero-order valence-electron chi connectivity index (χ0n) is 12.1. The SMILES string of the molecule is CC(=O)Nc1nc(C(=O)NC2CC3CCC(C2)N3)cs1.Cl.Cl. The highest BCUT2D eigenvalue weighted by molar-refractivity contribution is 7.14. The molecule has 0 radical (unpaired) electrons. The largest absolute Gasteiger partial charge is 0.348 e. The van der Waals surface area contributed by atoms with E-state index in [1.165, 1.54) is 31.1 Å². The number of carbonyl (C=O) groups is 2. The maximum atomic E-state index is 12.1. The van der Waals surface area contributed by atoms with E-state index >= 15 is 0 Å². The summed E-state index contributed by atoms with van der Waals surface area (Å²) in [5.74, 6) is -0.328. The summed E-state index contributed by atoms with van der Waals surface area (Å²) in [6.45, 7) is 1.42. The molecule has 2 fully saturated rings. The molecule has 1 aromatic heterocycles. The molecule has 9 heteroatoms. The fourth-order valence-corrected chi connectivity index (χ4v) is 3.76. The fourth-order valence-electron chi connectivity index (χ4n) is 3.02. The first-order valence-electron chi connectivity index (χ1n) is 6.90. The lowest BCUT2D eigenvalue weighted by Crippen LogP contribution is -2.48. The first-order chi connectivity index (χ1) is 9.60. The highest BCUT2D eigenvalue weighted by Crippen LogP contribution is 2.27. The molecule has 2 bridgehead atoms. The van der Waals surface area contributed by atoms with Gasteiger partial charge in [0.05, 0.1) is 0 Å². The number of fused-ring (bicyclic) bond motifs is 2. The predicted molar refractivity (Wildman–Crippen MR) is 91.3 cm³/mol. The van der Waals surface area contributed by atoms with Gasteiger partial charge in [-0.3, -0.25) is 9.59 Å². The molecule has 0 spiro atoms. The van der Waals surface area contributed by atoms with E-state index in [2.05, 4.69) is 20.9 Å². The van der Waals surface area contributed by atoms with Crippen LogP contribution in [0.4, 0.5) is 5.13 Å². The fraction of sp³-hybridized carbons (Fsp3) is 0.615. The summed E-state index contributed by atoms with van der Waals surface area (Å²) in [5.41, 5.74) is 0.379. The summed E-state index contributed by atoms with van der Waals surface area (Å²) in [7, 11) is 0. The molecule has 2 atom stereocenters. The van der Waals surface area contributed by atoms with Crippen molar-refractivity contribution in [1.82, 2.24) is 15.6 Å². The minimum Gasteiger partial charge on any atom is -0.348 e. The van der Waals surface area contributed by atoms with Gasteiger partial charge in [0.15, 0.2) is 5.13 Å². The Labute approximate surface area is 145 Å². The zero-order valence-corrected chi connectivity index (χ0v) is 14.6. The topological polar surface area (TPSA) is 83.1 Å². The van der Waals surface area contributed by atoms with Crippen molar-refractivity contribution in [2.45, 2.75) is 50.7 Å². The number of nitrogens with one attached hydrogen (secondary N) is 3. The van der Waals surface area contributed by atoms with Crippen molar-refractivity contribution in [3.05, 3.63) is 11.1 Å². The van der Waals surface area contributed by atoms with Crippen molar-refractivity contribution < 1.29 is 9.59 Å². The number of amides is 2. The lowest BCUT2D eigenvalue weighted by Gasteiger charge is -2.29. The number of rotatable bonds is 3. The monoisotopic (exact) mass is 366 g/mol. The lowest BCUT2D eigenvalue weighted by molar-refractivity contribution is -0.114. The van der Waals surface area contributed by atoms with Gasteiger partial charge in [0.1, 0.15) is 5.69 Å². The first kappa shape index (κ1) is 19.2. The molecule has 1 aromatic rings. The van der Waals surface area contributed by atoms with E-state index in [1.807, 2.05) is 0 Å². The van der Waals surface area contributed by atoms with Gasteiger partial charge in [-0.2, -0.15) is 0 Å². The molecule has 2 saturated heterocycles. The third-order valence-corrected chi connectivity index (χ3v) is 4.59. The van der Waals surface area contributed by atoms with Crippen LogP contribution < -0.4 is 16.0 Å². The predicted octanol–water partition coefficient (Wildman–Crippen LogP) is 1.96. The van der Waals surface area contributed by atoms with E-state index in [-0.39, 0.29) is 42.7 Å². The number of piperidine rings is 1. The van der Waals surface area contributed by atoms with Crippen molar-refractivity contribution in [3.63, 3.8) is 0 Å². The molecule has 2 aliphatic rings. The van der Waals surface area contributed by atoms with E-state index < -0.39 is 0 Å². The van der Waals surface area contributed by atoms with Crippen LogP contribution in [0, 0.1) is 0 Å².